The van der Waals surface area contributed by atoms with Crippen LogP contribution >= 0.6 is 11.6 Å². The van der Waals surface area contributed by atoms with Gasteiger partial charge in [0.2, 0.25) is 0 Å². The van der Waals surface area contributed by atoms with Crippen molar-refractivity contribution >= 4 is 11.6 Å². The summed E-state index contributed by atoms with van der Waals surface area (Å²) in [5.41, 5.74) is 1.83. The van der Waals surface area contributed by atoms with Crippen LogP contribution in [0.3, 0.4) is 0 Å². The van der Waals surface area contributed by atoms with Crippen LogP contribution in [0.1, 0.15) is 12.0 Å². The average Bonchev–Trinajstić information content (AvgIpc) is 2.99. The lowest BCUT2D eigenvalue weighted by atomic mass is 9.87. The molecule has 2 fully saturated rings. The number of fused-ring (bicyclic) bond motifs is 1. The van der Waals surface area contributed by atoms with E-state index in [0.717, 1.165) is 6.42 Å². The first kappa shape index (κ1) is 10.4. The predicted molar refractivity (Wildman–Crippen MR) is 55.2 cm³/mol. The van der Waals surface area contributed by atoms with E-state index in [4.69, 9.17) is 16.4 Å². The summed E-state index contributed by atoms with van der Waals surface area (Å²) in [5.74, 6) is -0.559. The number of hydrogen-bond acceptors (Lipinski definition) is 2. The Morgan fingerprint density at radius 1 is 1.56 bits per heavy atom. The number of alkyl halides is 1. The standard InChI is InChI=1S/C11H10ClF2NO/c12-8-3-1-2-6(10(8)14)11(5-13)7-4-9(7)16-15-11/h1-3,7,9,15H,4-5H2. The van der Waals surface area contributed by atoms with Crippen LogP contribution in [0.15, 0.2) is 18.2 Å². The third-order valence-corrected chi connectivity index (χ3v) is 3.69. The zero-order valence-corrected chi connectivity index (χ0v) is 9.10. The molecule has 1 aromatic carbocycles. The summed E-state index contributed by atoms with van der Waals surface area (Å²) in [4.78, 5) is 5.18. The van der Waals surface area contributed by atoms with Crippen LogP contribution in [-0.2, 0) is 10.4 Å². The molecule has 1 aromatic rings. The van der Waals surface area contributed by atoms with Gasteiger partial charge in [0.05, 0.1) is 11.1 Å². The van der Waals surface area contributed by atoms with E-state index in [1.807, 2.05) is 0 Å². The van der Waals surface area contributed by atoms with Gasteiger partial charge in [0.25, 0.3) is 0 Å². The second kappa shape index (κ2) is 3.39. The molecule has 1 aliphatic heterocycles. The van der Waals surface area contributed by atoms with Gasteiger partial charge in [-0.25, -0.2) is 8.78 Å². The van der Waals surface area contributed by atoms with Crippen LogP contribution in [0.2, 0.25) is 5.02 Å². The van der Waals surface area contributed by atoms with Crippen LogP contribution in [0.25, 0.3) is 0 Å². The van der Waals surface area contributed by atoms with Gasteiger partial charge in [-0.3, -0.25) is 4.84 Å². The van der Waals surface area contributed by atoms with Crippen molar-refractivity contribution in [3.8, 4) is 0 Å². The lowest BCUT2D eigenvalue weighted by Crippen LogP contribution is -2.43. The van der Waals surface area contributed by atoms with Gasteiger partial charge in [-0.15, -0.1) is 0 Å². The Morgan fingerprint density at radius 3 is 2.94 bits per heavy atom. The maximum Gasteiger partial charge on any atom is 0.147 e. The maximum absolute atomic E-state index is 13.9. The molecule has 1 aliphatic carbocycles. The van der Waals surface area contributed by atoms with E-state index in [0.29, 0.717) is 0 Å². The van der Waals surface area contributed by atoms with Gasteiger partial charge < -0.3 is 0 Å². The molecule has 5 heteroatoms. The Kier molecular flexibility index (Phi) is 2.21. The normalized spacial score (nSPS) is 36.2. The third-order valence-electron chi connectivity index (χ3n) is 3.40. The van der Waals surface area contributed by atoms with Gasteiger partial charge in [0, 0.05) is 11.5 Å². The lowest BCUT2D eigenvalue weighted by Gasteiger charge is -2.28. The highest BCUT2D eigenvalue weighted by Crippen LogP contribution is 2.53. The molecule has 1 N–H and O–H groups in total. The second-order valence-electron chi connectivity index (χ2n) is 4.31. The Balaban J connectivity index is 2.10. The van der Waals surface area contributed by atoms with Crippen molar-refractivity contribution < 1.29 is 13.6 Å². The minimum Gasteiger partial charge on any atom is -0.297 e. The van der Waals surface area contributed by atoms with E-state index in [1.165, 1.54) is 6.07 Å². The van der Waals surface area contributed by atoms with E-state index in [1.54, 1.807) is 12.1 Å². The number of rotatable bonds is 2. The summed E-state index contributed by atoms with van der Waals surface area (Å²) in [6, 6.07) is 4.62. The van der Waals surface area contributed by atoms with E-state index >= 15 is 0 Å². The summed E-state index contributed by atoms with van der Waals surface area (Å²) in [6.45, 7) is -0.703. The fraction of sp³-hybridized carbons (Fsp3) is 0.455. The van der Waals surface area contributed by atoms with Crippen LogP contribution in [0.5, 0.6) is 0 Å². The van der Waals surface area contributed by atoms with E-state index in [9.17, 15) is 8.78 Å². The fourth-order valence-electron chi connectivity index (χ4n) is 2.38. The molecular formula is C11H10ClF2NO. The summed E-state index contributed by atoms with van der Waals surface area (Å²) in [6.07, 6.45) is 0.775. The Hall–Kier alpha value is -0.710. The fourth-order valence-corrected chi connectivity index (χ4v) is 2.55. The van der Waals surface area contributed by atoms with Crippen molar-refractivity contribution in [2.75, 3.05) is 6.67 Å². The predicted octanol–water partition coefficient (Wildman–Crippen LogP) is 2.57. The van der Waals surface area contributed by atoms with Crippen molar-refractivity contribution in [1.29, 1.82) is 0 Å². The van der Waals surface area contributed by atoms with E-state index < -0.39 is 18.0 Å². The number of hydroxylamine groups is 1. The molecule has 1 saturated heterocycles. The van der Waals surface area contributed by atoms with Crippen LogP contribution in [0.4, 0.5) is 8.78 Å². The summed E-state index contributed by atoms with van der Waals surface area (Å²) < 4.78 is 27.2. The van der Waals surface area contributed by atoms with Gasteiger partial charge in [-0.2, -0.15) is 5.48 Å². The molecule has 0 bridgehead atoms. The molecule has 16 heavy (non-hydrogen) atoms. The molecular weight excluding hydrogens is 236 g/mol. The first-order chi connectivity index (χ1) is 7.69. The van der Waals surface area contributed by atoms with Gasteiger partial charge >= 0.3 is 0 Å². The lowest BCUT2D eigenvalue weighted by molar-refractivity contribution is 0.00726. The molecule has 0 amide bonds. The van der Waals surface area contributed by atoms with Gasteiger partial charge in [-0.05, 0) is 12.5 Å². The third kappa shape index (κ3) is 1.24. The molecule has 3 atom stereocenters. The Morgan fingerprint density at radius 2 is 2.38 bits per heavy atom. The highest BCUT2D eigenvalue weighted by molar-refractivity contribution is 6.30. The highest BCUT2D eigenvalue weighted by Gasteiger charge is 2.62. The maximum atomic E-state index is 13.9. The molecule has 86 valence electrons. The first-order valence-electron chi connectivity index (χ1n) is 5.12. The van der Waals surface area contributed by atoms with Crippen molar-refractivity contribution in [2.24, 2.45) is 5.92 Å². The van der Waals surface area contributed by atoms with Crippen molar-refractivity contribution in [2.45, 2.75) is 18.1 Å². The number of nitrogens with one attached hydrogen (secondary N) is 1. The minimum atomic E-state index is -1.06. The summed E-state index contributed by atoms with van der Waals surface area (Å²) in [7, 11) is 0. The molecule has 2 aliphatic rings. The second-order valence-corrected chi connectivity index (χ2v) is 4.71. The van der Waals surface area contributed by atoms with Crippen molar-refractivity contribution in [1.82, 2.24) is 5.48 Å². The van der Waals surface area contributed by atoms with Crippen LogP contribution in [-0.4, -0.2) is 12.8 Å². The molecule has 0 spiro atoms. The molecule has 2 nitrogen and oxygen atoms in total. The van der Waals surface area contributed by atoms with Crippen molar-refractivity contribution in [3.05, 3.63) is 34.6 Å². The van der Waals surface area contributed by atoms with E-state index in [-0.39, 0.29) is 22.6 Å². The summed E-state index contributed by atoms with van der Waals surface area (Å²) >= 11 is 5.71. The minimum absolute atomic E-state index is 0.00506. The monoisotopic (exact) mass is 245 g/mol. The quantitative estimate of drug-likeness (QED) is 0.865. The first-order valence-corrected chi connectivity index (χ1v) is 5.50. The zero-order valence-electron chi connectivity index (χ0n) is 8.34. The number of halogens is 3. The molecule has 1 saturated carbocycles. The Labute approximate surface area is 96.5 Å². The topological polar surface area (TPSA) is 21.3 Å². The van der Waals surface area contributed by atoms with Crippen LogP contribution in [0, 0.1) is 11.7 Å². The Bertz CT molecular complexity index is 442. The summed E-state index contributed by atoms with van der Waals surface area (Å²) in [5, 5.41) is 0.0104. The number of hydrogen-bond donors (Lipinski definition) is 1. The average molecular weight is 246 g/mol. The molecule has 1 heterocycles. The molecule has 0 radical (unpaired) electrons. The van der Waals surface area contributed by atoms with Crippen LogP contribution < -0.4 is 5.48 Å². The molecule has 3 unspecified atom stereocenters. The molecule has 0 aromatic heterocycles. The zero-order chi connectivity index (χ0) is 11.3. The largest absolute Gasteiger partial charge is 0.297 e. The highest BCUT2D eigenvalue weighted by atomic mass is 35.5. The molecule has 3 rings (SSSR count). The smallest absolute Gasteiger partial charge is 0.147 e. The van der Waals surface area contributed by atoms with Gasteiger partial charge in [0.1, 0.15) is 18.0 Å². The van der Waals surface area contributed by atoms with Crippen molar-refractivity contribution in [3.63, 3.8) is 0 Å². The van der Waals surface area contributed by atoms with Gasteiger partial charge in [-0.1, -0.05) is 23.7 Å². The van der Waals surface area contributed by atoms with E-state index in [2.05, 4.69) is 5.48 Å². The van der Waals surface area contributed by atoms with Gasteiger partial charge in [0.15, 0.2) is 0 Å². The SMILES string of the molecule is FCC1(c2cccc(Cl)c2F)NOC2CC21. The number of benzene rings is 1.